The first-order valence-electron chi connectivity index (χ1n) is 24.9. The molecule has 1 saturated heterocycles. The van der Waals surface area contributed by atoms with Crippen LogP contribution in [-0.2, 0) is 42.7 Å². The summed E-state index contributed by atoms with van der Waals surface area (Å²) < 4.78 is 45.4. The van der Waals surface area contributed by atoms with Crippen LogP contribution in [0.15, 0.2) is 42.5 Å². The Bertz CT molecular complexity index is 1800. The number of fused-ring (bicyclic) bond motifs is 2. The van der Waals surface area contributed by atoms with E-state index in [2.05, 4.69) is 30.9 Å². The molecule has 1 aromatic rings. The monoisotopic (exact) mass is 910 g/mol. The third kappa shape index (κ3) is 8.43. The molecule has 13 heteroatoms. The molecular weight excluding hydrogens is 831 g/mol. The van der Waals surface area contributed by atoms with Crippen LogP contribution in [0.25, 0.3) is 0 Å². The molecule has 0 radical (unpaired) electrons. The summed E-state index contributed by atoms with van der Waals surface area (Å²) in [6.07, 6.45) is 13.9. The van der Waals surface area contributed by atoms with E-state index < -0.39 is 100 Å². The van der Waals surface area contributed by atoms with Crippen LogP contribution in [0.3, 0.4) is 0 Å². The summed E-state index contributed by atoms with van der Waals surface area (Å²) in [5.74, 6) is -4.09. The molecular formula is C52H79NO12. The predicted molar refractivity (Wildman–Crippen MR) is 244 cm³/mol. The molecule has 364 valence electrons. The lowest BCUT2D eigenvalue weighted by atomic mass is 9.42. The summed E-state index contributed by atoms with van der Waals surface area (Å²) >= 11 is 0. The molecule has 65 heavy (non-hydrogen) atoms. The van der Waals surface area contributed by atoms with E-state index >= 15 is 0 Å². The number of benzene rings is 1. The maximum Gasteiger partial charge on any atom is 0.338 e. The summed E-state index contributed by atoms with van der Waals surface area (Å²) in [4.78, 5) is 44.2. The second-order valence-corrected chi connectivity index (χ2v) is 20.2. The van der Waals surface area contributed by atoms with Crippen molar-refractivity contribution in [3.8, 4) is 0 Å². The Morgan fingerprint density at radius 1 is 0.800 bits per heavy atom. The smallest absolute Gasteiger partial charge is 0.338 e. The Morgan fingerprint density at radius 3 is 2.06 bits per heavy atom. The SMILES string of the molecule is CCCCCCCC/C=C\CCCCCCCC(=O)O[C@]12[C@H]3[C@@H](OC(=O)c4ccccc4)[C@](O)(C[C@H]3[C@@]34C5[C@@H]1[C@H](OC)[C@@H]3[C@](COC)(CN5CC)[C@H](OC(C)=O)C[C@@H]4OC)[C@@H](OC)[C@@H]2O. The zero-order valence-corrected chi connectivity index (χ0v) is 40.3. The first-order valence-corrected chi connectivity index (χ1v) is 24.9. The van der Waals surface area contributed by atoms with Crippen LogP contribution >= 0.6 is 0 Å². The number of hydrogen-bond donors (Lipinski definition) is 2. The Kier molecular flexibility index (Phi) is 16.3. The minimum Gasteiger partial charge on any atom is -0.462 e. The van der Waals surface area contributed by atoms with Crippen molar-refractivity contribution in [1.82, 2.24) is 4.90 Å². The molecule has 6 fully saturated rings. The van der Waals surface area contributed by atoms with E-state index in [0.29, 0.717) is 31.5 Å². The van der Waals surface area contributed by atoms with Gasteiger partial charge in [0.1, 0.15) is 30.0 Å². The van der Waals surface area contributed by atoms with Gasteiger partial charge in [0, 0.05) is 89.4 Å². The number of carbonyl (C=O) groups is 3. The maximum atomic E-state index is 14.7. The number of unbranched alkanes of at least 4 members (excludes halogenated alkanes) is 11. The van der Waals surface area contributed by atoms with Gasteiger partial charge >= 0.3 is 17.9 Å². The van der Waals surface area contributed by atoms with Gasteiger partial charge in [-0.3, -0.25) is 14.5 Å². The number of methoxy groups -OCH3 is 4. The number of piperidine rings is 1. The van der Waals surface area contributed by atoms with Crippen molar-refractivity contribution in [2.75, 3.05) is 48.1 Å². The standard InChI is InChI=1S/C52H79NO12/c1-8-10-11-12-13-14-15-16-17-18-19-20-21-22-26-29-39(55)65-52-40-36(31-50(58,47(62-7)45(52)56)46(40)64-48(57)35-27-24-23-25-28-35)51-38(60-5)30-37(63-34(3)54)49(33-59-4)32-53(9-2)44(51)41(52)42(61-6)43(49)51/h16-17,23-25,27-28,36-38,40-47,56,58H,8-15,18-22,26,29-33H2,1-7H3/b17-16-/t36-,37-,38+,40-,41+,42+,43-,44?,45+,46-,47+,49+,50-,51+,52-/m1/s1. The van der Waals surface area contributed by atoms with E-state index in [0.717, 1.165) is 38.5 Å². The van der Waals surface area contributed by atoms with Gasteiger partial charge in [-0.05, 0) is 63.1 Å². The van der Waals surface area contributed by atoms with Crippen LogP contribution in [0.2, 0.25) is 0 Å². The van der Waals surface area contributed by atoms with E-state index in [9.17, 15) is 24.6 Å². The maximum absolute atomic E-state index is 14.7. The summed E-state index contributed by atoms with van der Waals surface area (Å²) in [6, 6.07) is 8.24. The highest BCUT2D eigenvalue weighted by molar-refractivity contribution is 5.89. The zero-order valence-electron chi connectivity index (χ0n) is 40.3. The molecule has 0 aromatic heterocycles. The summed E-state index contributed by atoms with van der Waals surface area (Å²) in [6.45, 7) is 7.01. The first kappa shape index (κ1) is 50.0. The average Bonchev–Trinajstić information content (AvgIpc) is 3.67. The Hall–Kier alpha value is -2.91. The van der Waals surface area contributed by atoms with Crippen LogP contribution in [0.5, 0.6) is 0 Å². The van der Waals surface area contributed by atoms with Crippen molar-refractivity contribution in [1.29, 1.82) is 0 Å². The first-order chi connectivity index (χ1) is 31.4. The lowest BCUT2D eigenvalue weighted by Crippen LogP contribution is -2.81. The van der Waals surface area contributed by atoms with Crippen molar-refractivity contribution < 1.29 is 57.8 Å². The van der Waals surface area contributed by atoms with E-state index in [4.69, 9.17) is 33.2 Å². The van der Waals surface area contributed by atoms with Crippen molar-refractivity contribution >= 4 is 17.9 Å². The molecule has 5 saturated carbocycles. The highest BCUT2D eigenvalue weighted by atomic mass is 16.6. The Balaban J connectivity index is 1.22. The minimum absolute atomic E-state index is 0.0579. The minimum atomic E-state index is -1.88. The molecule has 15 atom stereocenters. The number of ether oxygens (including phenoxy) is 7. The fourth-order valence-corrected chi connectivity index (χ4v) is 15.0. The van der Waals surface area contributed by atoms with Gasteiger partial charge in [-0.2, -0.15) is 0 Å². The molecule has 1 unspecified atom stereocenters. The molecule has 1 aliphatic heterocycles. The molecule has 7 bridgehead atoms. The average molecular weight is 910 g/mol. The molecule has 2 N–H and O–H groups in total. The summed E-state index contributed by atoms with van der Waals surface area (Å²) in [7, 11) is 6.39. The number of aliphatic hydroxyl groups excluding tert-OH is 1. The van der Waals surface area contributed by atoms with Gasteiger partial charge in [-0.1, -0.05) is 95.6 Å². The number of hydrogen-bond acceptors (Lipinski definition) is 13. The Morgan fingerprint density at radius 2 is 1.46 bits per heavy atom. The van der Waals surface area contributed by atoms with Gasteiger partial charge in [-0.25, -0.2) is 4.79 Å². The zero-order chi connectivity index (χ0) is 46.6. The number of carbonyl (C=O) groups excluding carboxylic acids is 3. The molecule has 1 heterocycles. The second kappa shape index (κ2) is 21.2. The molecule has 0 amide bonds. The molecule has 13 nitrogen and oxygen atoms in total. The van der Waals surface area contributed by atoms with Crippen molar-refractivity contribution in [2.24, 2.45) is 34.5 Å². The summed E-state index contributed by atoms with van der Waals surface area (Å²) in [5, 5.41) is 26.3. The van der Waals surface area contributed by atoms with Crippen molar-refractivity contribution in [3.05, 3.63) is 48.0 Å². The van der Waals surface area contributed by atoms with Gasteiger partial charge < -0.3 is 43.4 Å². The molecule has 1 aromatic carbocycles. The van der Waals surface area contributed by atoms with E-state index in [1.165, 1.54) is 52.6 Å². The highest BCUT2D eigenvalue weighted by Gasteiger charge is 2.92. The fraction of sp³-hybridized carbons (Fsp3) is 0.788. The number of likely N-dealkylation sites (tertiary alicyclic amines) is 1. The number of nitrogens with zero attached hydrogens (tertiary/aromatic N) is 1. The number of esters is 3. The third-order valence-electron chi connectivity index (χ3n) is 17.1. The van der Waals surface area contributed by atoms with Gasteiger partial charge in [0.2, 0.25) is 0 Å². The van der Waals surface area contributed by atoms with Crippen LogP contribution in [0.4, 0.5) is 0 Å². The van der Waals surface area contributed by atoms with Gasteiger partial charge in [0.05, 0.1) is 24.4 Å². The highest BCUT2D eigenvalue weighted by Crippen LogP contribution is 2.81. The van der Waals surface area contributed by atoms with E-state index in [-0.39, 0.29) is 25.5 Å². The lowest BCUT2D eigenvalue weighted by Gasteiger charge is -2.70. The van der Waals surface area contributed by atoms with Crippen LogP contribution in [0.1, 0.15) is 134 Å². The van der Waals surface area contributed by atoms with Gasteiger partial charge in [0.15, 0.2) is 5.60 Å². The van der Waals surface area contributed by atoms with Crippen molar-refractivity contribution in [3.63, 3.8) is 0 Å². The predicted octanol–water partition coefficient (Wildman–Crippen LogP) is 7.24. The second-order valence-electron chi connectivity index (χ2n) is 20.2. The van der Waals surface area contributed by atoms with E-state index in [1.54, 1.807) is 45.6 Å². The third-order valence-corrected chi connectivity index (χ3v) is 17.1. The fourth-order valence-electron chi connectivity index (χ4n) is 15.0. The quantitative estimate of drug-likeness (QED) is 0.0438. The van der Waals surface area contributed by atoms with Gasteiger partial charge in [-0.15, -0.1) is 0 Å². The topological polar surface area (TPSA) is 160 Å². The summed E-state index contributed by atoms with van der Waals surface area (Å²) in [5.41, 5.74) is -4.98. The van der Waals surface area contributed by atoms with Crippen LogP contribution in [0, 0.1) is 34.5 Å². The number of allylic oxidation sites excluding steroid dienone is 2. The largest absolute Gasteiger partial charge is 0.462 e. The van der Waals surface area contributed by atoms with Crippen molar-refractivity contribution in [2.45, 2.75) is 177 Å². The number of rotatable bonds is 25. The van der Waals surface area contributed by atoms with Gasteiger partial charge in [0.25, 0.3) is 0 Å². The van der Waals surface area contributed by atoms with Crippen LogP contribution in [-0.4, -0.2) is 135 Å². The van der Waals surface area contributed by atoms with E-state index in [1.807, 2.05) is 6.07 Å². The molecule has 5 aliphatic carbocycles. The lowest BCUT2D eigenvalue weighted by molar-refractivity contribution is -0.323. The molecule has 6 aliphatic rings. The molecule has 1 spiro atoms. The Labute approximate surface area is 387 Å². The number of aliphatic hydroxyl groups is 2. The normalized spacial score (nSPS) is 38.8. The van der Waals surface area contributed by atoms with Crippen LogP contribution < -0.4 is 0 Å². The molecule has 7 rings (SSSR count).